The average Bonchev–Trinajstić information content (AvgIpc) is 3.68. The molecular formula is C35H34ClN7O3. The molecule has 0 bridgehead atoms. The number of pyridine rings is 2. The second-order valence-corrected chi connectivity index (χ2v) is 12.2. The van der Waals surface area contributed by atoms with E-state index in [1.54, 1.807) is 32.6 Å². The van der Waals surface area contributed by atoms with Crippen LogP contribution in [0.5, 0.6) is 5.88 Å². The monoisotopic (exact) mass is 635 g/mol. The maximum absolute atomic E-state index is 12.9. The Balaban J connectivity index is 1.21. The lowest BCUT2D eigenvalue weighted by Gasteiger charge is -2.20. The molecule has 1 aliphatic carbocycles. The fourth-order valence-electron chi connectivity index (χ4n) is 6.61. The fraction of sp³-hybridized carbons (Fsp3) is 0.286. The first-order valence-electron chi connectivity index (χ1n) is 15.4. The highest BCUT2D eigenvalue weighted by Gasteiger charge is 2.30. The number of nitrogens with one attached hydrogen (secondary N) is 3. The molecule has 2 unspecified atom stereocenters. The summed E-state index contributed by atoms with van der Waals surface area (Å²) in [5.41, 5.74) is 7.18. The van der Waals surface area contributed by atoms with Crippen molar-refractivity contribution < 1.29 is 9.53 Å². The predicted octanol–water partition coefficient (Wildman–Crippen LogP) is 5.63. The predicted molar refractivity (Wildman–Crippen MR) is 180 cm³/mol. The van der Waals surface area contributed by atoms with Gasteiger partial charge in [-0.2, -0.15) is 5.10 Å². The molecule has 4 heterocycles. The summed E-state index contributed by atoms with van der Waals surface area (Å²) in [5, 5.41) is 16.0. The summed E-state index contributed by atoms with van der Waals surface area (Å²) in [6.45, 7) is 2.73. The molecule has 10 nitrogen and oxygen atoms in total. The van der Waals surface area contributed by atoms with E-state index in [1.165, 1.54) is 10.2 Å². The second kappa shape index (κ2) is 12.2. The number of benzene rings is 2. The number of hydrogen-bond donors (Lipinski definition) is 3. The van der Waals surface area contributed by atoms with E-state index >= 15 is 0 Å². The minimum absolute atomic E-state index is 0.108. The van der Waals surface area contributed by atoms with Gasteiger partial charge in [0, 0.05) is 66.1 Å². The first-order chi connectivity index (χ1) is 22.3. The Morgan fingerprint density at radius 1 is 1.07 bits per heavy atom. The van der Waals surface area contributed by atoms with Crippen LogP contribution < -0.4 is 26.2 Å². The summed E-state index contributed by atoms with van der Waals surface area (Å²) in [7, 11) is 3.27. The van der Waals surface area contributed by atoms with E-state index < -0.39 is 0 Å². The Morgan fingerprint density at radius 2 is 1.87 bits per heavy atom. The van der Waals surface area contributed by atoms with Gasteiger partial charge in [0.15, 0.2) is 0 Å². The number of carbonyl (C=O) groups is 1. The second-order valence-electron chi connectivity index (χ2n) is 11.9. The van der Waals surface area contributed by atoms with Gasteiger partial charge in [0.2, 0.25) is 11.8 Å². The Bertz CT molecular complexity index is 2060. The number of methoxy groups -OCH3 is 1. The third-order valence-electron chi connectivity index (χ3n) is 9.06. The van der Waals surface area contributed by atoms with Crippen molar-refractivity contribution in [2.45, 2.75) is 44.7 Å². The number of fused-ring (bicyclic) bond motifs is 2. The molecular weight excluding hydrogens is 602 g/mol. The molecule has 1 fully saturated rings. The average molecular weight is 636 g/mol. The van der Waals surface area contributed by atoms with E-state index in [-0.39, 0.29) is 23.6 Å². The Labute approximate surface area is 271 Å². The van der Waals surface area contributed by atoms with Crippen LogP contribution in [0.2, 0.25) is 5.02 Å². The van der Waals surface area contributed by atoms with Crippen LogP contribution >= 0.6 is 11.6 Å². The van der Waals surface area contributed by atoms with Gasteiger partial charge < -0.3 is 20.7 Å². The highest BCUT2D eigenvalue weighted by atomic mass is 35.5. The van der Waals surface area contributed by atoms with Crippen molar-refractivity contribution in [3.05, 3.63) is 93.0 Å². The number of halogens is 1. The number of carbonyl (C=O) groups excluding carboxylic acids is 1. The van der Waals surface area contributed by atoms with E-state index in [9.17, 15) is 9.59 Å². The lowest BCUT2D eigenvalue weighted by atomic mass is 9.96. The molecule has 3 aromatic heterocycles. The molecule has 234 valence electrons. The quantitative estimate of drug-likeness (QED) is 0.201. The summed E-state index contributed by atoms with van der Waals surface area (Å²) in [6, 6.07) is 16.1. The van der Waals surface area contributed by atoms with Gasteiger partial charge in [-0.1, -0.05) is 41.9 Å². The smallest absolute Gasteiger partial charge is 0.278 e. The molecule has 0 saturated carbocycles. The third kappa shape index (κ3) is 5.37. The summed E-state index contributed by atoms with van der Waals surface area (Å²) >= 11 is 7.18. The van der Waals surface area contributed by atoms with Crippen LogP contribution in [0.3, 0.4) is 0 Å². The topological polar surface area (TPSA) is 123 Å². The van der Waals surface area contributed by atoms with Gasteiger partial charge in [-0.15, -0.1) is 0 Å². The number of hydrogen-bond acceptors (Lipinski definition) is 8. The van der Waals surface area contributed by atoms with Gasteiger partial charge in [-0.3, -0.25) is 9.59 Å². The van der Waals surface area contributed by atoms with Gasteiger partial charge in [0.25, 0.3) is 5.56 Å². The molecule has 46 heavy (non-hydrogen) atoms. The van der Waals surface area contributed by atoms with Gasteiger partial charge >= 0.3 is 0 Å². The SMILES string of the molecule is COc1nc(-c2cccc(-c3cccc(Nc4nccc5cnn(C)c(=O)c45)c3C)c2Cl)cc2c1C(NCC1CCC(=O)N1)CC2. The Hall–Kier alpha value is -4.80. The molecule has 0 spiro atoms. The van der Waals surface area contributed by atoms with Crippen LogP contribution in [0.1, 0.15) is 42.0 Å². The number of amides is 1. The van der Waals surface area contributed by atoms with Crippen molar-refractivity contribution in [2.24, 2.45) is 7.05 Å². The van der Waals surface area contributed by atoms with Crippen LogP contribution in [0, 0.1) is 6.92 Å². The highest BCUT2D eigenvalue weighted by Crippen LogP contribution is 2.43. The van der Waals surface area contributed by atoms with E-state index in [4.69, 9.17) is 21.3 Å². The van der Waals surface area contributed by atoms with Crippen molar-refractivity contribution in [3.8, 4) is 28.3 Å². The lowest BCUT2D eigenvalue weighted by Crippen LogP contribution is -2.36. The maximum atomic E-state index is 12.9. The van der Waals surface area contributed by atoms with Crippen molar-refractivity contribution in [1.29, 1.82) is 0 Å². The van der Waals surface area contributed by atoms with E-state index in [0.29, 0.717) is 40.5 Å². The first kappa shape index (κ1) is 29.9. The number of aromatic nitrogens is 4. The van der Waals surface area contributed by atoms with E-state index in [1.807, 2.05) is 43.3 Å². The van der Waals surface area contributed by atoms with Gasteiger partial charge in [0.1, 0.15) is 5.82 Å². The zero-order chi connectivity index (χ0) is 31.9. The van der Waals surface area contributed by atoms with Crippen LogP contribution in [-0.4, -0.2) is 45.4 Å². The summed E-state index contributed by atoms with van der Waals surface area (Å²) in [5.74, 6) is 1.17. The van der Waals surface area contributed by atoms with E-state index in [0.717, 1.165) is 58.5 Å². The van der Waals surface area contributed by atoms with Crippen LogP contribution in [0.4, 0.5) is 11.5 Å². The number of aryl methyl sites for hydroxylation is 2. The highest BCUT2D eigenvalue weighted by molar-refractivity contribution is 6.36. The molecule has 11 heteroatoms. The molecule has 1 amide bonds. The Kier molecular flexibility index (Phi) is 7.92. The minimum Gasteiger partial charge on any atom is -0.481 e. The molecule has 2 aromatic carbocycles. The zero-order valence-corrected chi connectivity index (χ0v) is 26.6. The lowest BCUT2D eigenvalue weighted by molar-refractivity contribution is -0.119. The normalized spacial score (nSPS) is 17.3. The van der Waals surface area contributed by atoms with Crippen LogP contribution in [-0.2, 0) is 18.3 Å². The number of rotatable bonds is 8. The van der Waals surface area contributed by atoms with Crippen molar-refractivity contribution in [2.75, 3.05) is 19.0 Å². The number of ether oxygens (including phenoxy) is 1. The Morgan fingerprint density at radius 3 is 2.67 bits per heavy atom. The summed E-state index contributed by atoms with van der Waals surface area (Å²) < 4.78 is 7.13. The maximum Gasteiger partial charge on any atom is 0.278 e. The molecule has 1 saturated heterocycles. The summed E-state index contributed by atoms with van der Waals surface area (Å²) in [6.07, 6.45) is 6.58. The molecule has 7 rings (SSSR count). The molecule has 2 aliphatic rings. The minimum atomic E-state index is -0.223. The van der Waals surface area contributed by atoms with Crippen molar-refractivity contribution in [3.63, 3.8) is 0 Å². The first-order valence-corrected chi connectivity index (χ1v) is 15.8. The van der Waals surface area contributed by atoms with Crippen LogP contribution in [0.25, 0.3) is 33.2 Å². The van der Waals surface area contributed by atoms with Gasteiger partial charge in [-0.25, -0.2) is 14.6 Å². The fourth-order valence-corrected chi connectivity index (χ4v) is 6.94. The van der Waals surface area contributed by atoms with Crippen molar-refractivity contribution >= 4 is 39.8 Å². The molecule has 5 aromatic rings. The largest absolute Gasteiger partial charge is 0.481 e. The molecule has 1 aliphatic heterocycles. The third-order valence-corrected chi connectivity index (χ3v) is 9.47. The standard InChI is InChI=1S/C35H34ClN7O3/c1-19-23(6-5-9-26(19)41-33-31-21(14-15-37-33)17-39-43(2)35(31)45)24-7-4-8-25(32(24)36)28-16-20-10-12-27(30(20)34(42-28)46-3)38-18-22-11-13-29(44)40-22/h4-9,14-17,22,27,38H,10-13,18H2,1-3H3,(H,37,41)(H,40,44). The van der Waals surface area contributed by atoms with Crippen LogP contribution in [0.15, 0.2) is 65.7 Å². The van der Waals surface area contributed by atoms with E-state index in [2.05, 4.69) is 32.1 Å². The molecule has 2 atom stereocenters. The molecule has 3 N–H and O–H groups in total. The van der Waals surface area contributed by atoms with Gasteiger partial charge in [-0.05, 0) is 61.1 Å². The molecule has 0 radical (unpaired) electrons. The van der Waals surface area contributed by atoms with Gasteiger partial charge in [0.05, 0.1) is 29.4 Å². The summed E-state index contributed by atoms with van der Waals surface area (Å²) in [4.78, 5) is 34.0. The zero-order valence-electron chi connectivity index (χ0n) is 25.9. The number of nitrogens with zero attached hydrogens (tertiary/aromatic N) is 4. The number of anilines is 2. The van der Waals surface area contributed by atoms with Crippen molar-refractivity contribution in [1.82, 2.24) is 30.4 Å².